The molecule has 0 saturated heterocycles. The summed E-state index contributed by atoms with van der Waals surface area (Å²) in [5, 5.41) is 0. The van der Waals surface area contributed by atoms with E-state index in [2.05, 4.69) is 25.3 Å². The Kier molecular flexibility index (Phi) is 4.38. The summed E-state index contributed by atoms with van der Waals surface area (Å²) in [6.45, 7) is 7.84. The second-order valence-corrected chi connectivity index (χ2v) is 8.12. The summed E-state index contributed by atoms with van der Waals surface area (Å²) in [4.78, 5) is 0. The Morgan fingerprint density at radius 1 is 0.750 bits per heavy atom. The molecule has 5 aliphatic rings. The van der Waals surface area contributed by atoms with Crippen molar-refractivity contribution in [1.82, 2.24) is 0 Å². The predicted octanol–water partition coefficient (Wildman–Crippen LogP) is 6.14. The van der Waals surface area contributed by atoms with Gasteiger partial charge in [-0.2, -0.15) is 0 Å². The molecule has 0 aromatic rings. The van der Waals surface area contributed by atoms with Crippen LogP contribution in [0.3, 0.4) is 0 Å². The third kappa shape index (κ3) is 3.05. The molecule has 5 aliphatic carbocycles. The van der Waals surface area contributed by atoms with Crippen molar-refractivity contribution in [3.63, 3.8) is 0 Å². The zero-order valence-corrected chi connectivity index (χ0v) is 13.2. The molecule has 0 radical (unpaired) electrons. The molecule has 0 amide bonds. The second kappa shape index (κ2) is 6.08. The molecule has 20 heavy (non-hydrogen) atoms. The average molecular weight is 272 g/mol. The van der Waals surface area contributed by atoms with Crippen LogP contribution in [0, 0.1) is 29.1 Å². The van der Waals surface area contributed by atoms with Crippen LogP contribution in [0.5, 0.6) is 0 Å². The first-order valence-corrected chi connectivity index (χ1v) is 8.99. The summed E-state index contributed by atoms with van der Waals surface area (Å²) < 4.78 is 0. The highest BCUT2D eigenvalue weighted by atomic mass is 14.5. The number of allylic oxidation sites excluding steroid dienone is 2. The minimum Gasteiger partial charge on any atom is -0.103 e. The van der Waals surface area contributed by atoms with Gasteiger partial charge in [-0.15, -0.1) is 13.2 Å². The maximum Gasteiger partial charge on any atom is -0.0113 e. The molecule has 0 spiro atoms. The third-order valence-corrected chi connectivity index (χ3v) is 6.50. The van der Waals surface area contributed by atoms with Gasteiger partial charge in [-0.1, -0.05) is 31.4 Å². The Labute approximate surface area is 125 Å². The largest absolute Gasteiger partial charge is 0.103 e. The molecular formula is C20H32. The molecule has 5 rings (SSSR count). The Bertz CT molecular complexity index is 310. The minimum absolute atomic E-state index is 0.606. The van der Waals surface area contributed by atoms with Gasteiger partial charge in [-0.05, 0) is 80.5 Å². The summed E-state index contributed by atoms with van der Waals surface area (Å²) in [6, 6.07) is 0. The van der Waals surface area contributed by atoms with Crippen molar-refractivity contribution in [1.29, 1.82) is 0 Å². The molecule has 0 unspecified atom stereocenters. The highest BCUT2D eigenvalue weighted by Gasteiger charge is 2.49. The Balaban J connectivity index is 0.000000133. The van der Waals surface area contributed by atoms with Crippen LogP contribution in [0.25, 0.3) is 0 Å². The fraction of sp³-hybridized carbons (Fsp3) is 0.800. The number of rotatable bonds is 2. The topological polar surface area (TPSA) is 0 Å². The minimum atomic E-state index is 0.606. The van der Waals surface area contributed by atoms with E-state index in [0.29, 0.717) is 5.41 Å². The average Bonchev–Trinajstić information content (AvgIpc) is 2.47. The van der Waals surface area contributed by atoms with Gasteiger partial charge in [-0.3, -0.25) is 0 Å². The normalized spacial score (nSPS) is 42.7. The molecule has 0 nitrogen and oxygen atoms in total. The molecule has 0 N–H and O–H groups in total. The van der Waals surface area contributed by atoms with Crippen LogP contribution in [-0.4, -0.2) is 0 Å². The summed E-state index contributed by atoms with van der Waals surface area (Å²) in [5.74, 6) is 4.08. The molecule has 0 atom stereocenters. The lowest BCUT2D eigenvalue weighted by Crippen LogP contribution is -2.44. The third-order valence-electron chi connectivity index (χ3n) is 6.50. The van der Waals surface area contributed by atoms with Gasteiger partial charge in [0.15, 0.2) is 0 Å². The molecule has 0 aliphatic heterocycles. The molecule has 0 heteroatoms. The molecule has 0 heterocycles. The van der Waals surface area contributed by atoms with E-state index in [1.165, 1.54) is 51.4 Å². The van der Waals surface area contributed by atoms with E-state index < -0.39 is 0 Å². The molecule has 112 valence electrons. The van der Waals surface area contributed by atoms with Crippen molar-refractivity contribution < 1.29 is 0 Å². The highest BCUT2D eigenvalue weighted by molar-refractivity contribution is 5.08. The van der Waals surface area contributed by atoms with Crippen LogP contribution in [0.15, 0.2) is 25.3 Å². The van der Waals surface area contributed by atoms with Crippen LogP contribution < -0.4 is 0 Å². The molecule has 5 saturated carbocycles. The molecular weight excluding hydrogens is 240 g/mol. The van der Waals surface area contributed by atoms with Crippen LogP contribution >= 0.6 is 0 Å². The van der Waals surface area contributed by atoms with Crippen LogP contribution in [0.1, 0.15) is 70.6 Å². The summed E-state index contributed by atoms with van der Waals surface area (Å²) >= 11 is 0. The maximum atomic E-state index is 4.05. The van der Waals surface area contributed by atoms with Gasteiger partial charge in [0.05, 0.1) is 0 Å². The fourth-order valence-electron chi connectivity index (χ4n) is 5.80. The SMILES string of the molecule is C=CC12CC3CC(CC(C3)C1)C2.C=CC1CCCCC1. The standard InChI is InChI=1S/C12H18.C8H14/c1-2-12-6-9-3-10(7-12)5-11(4-9)8-12;1-2-8-6-4-3-5-7-8/h2,9-11H,1,3-8H2;2,8H,1,3-7H2. The van der Waals surface area contributed by atoms with E-state index in [9.17, 15) is 0 Å². The number of hydrogen-bond acceptors (Lipinski definition) is 0. The van der Waals surface area contributed by atoms with Crippen LogP contribution in [0.4, 0.5) is 0 Å². The quantitative estimate of drug-likeness (QED) is 0.529. The first-order chi connectivity index (χ1) is 9.73. The summed E-state index contributed by atoms with van der Waals surface area (Å²) in [5.41, 5.74) is 0.606. The lowest BCUT2D eigenvalue weighted by atomic mass is 9.50. The van der Waals surface area contributed by atoms with E-state index >= 15 is 0 Å². The first-order valence-electron chi connectivity index (χ1n) is 8.99. The van der Waals surface area contributed by atoms with Crippen molar-refractivity contribution in [3.05, 3.63) is 25.3 Å². The fourth-order valence-corrected chi connectivity index (χ4v) is 5.80. The maximum absolute atomic E-state index is 4.05. The van der Waals surface area contributed by atoms with E-state index in [1.807, 2.05) is 0 Å². The zero-order chi connectivity index (χ0) is 14.0. The van der Waals surface area contributed by atoms with Gasteiger partial charge in [0, 0.05) is 0 Å². The Morgan fingerprint density at radius 2 is 1.25 bits per heavy atom. The first kappa shape index (κ1) is 14.4. The van der Waals surface area contributed by atoms with Gasteiger partial charge in [-0.25, -0.2) is 0 Å². The number of hydrogen-bond donors (Lipinski definition) is 0. The van der Waals surface area contributed by atoms with E-state index in [4.69, 9.17) is 0 Å². The molecule has 0 aromatic carbocycles. The Hall–Kier alpha value is -0.520. The Morgan fingerprint density at radius 3 is 1.60 bits per heavy atom. The van der Waals surface area contributed by atoms with E-state index in [0.717, 1.165) is 23.7 Å². The molecule has 5 fully saturated rings. The lowest BCUT2D eigenvalue weighted by Gasteiger charge is -2.55. The van der Waals surface area contributed by atoms with Gasteiger partial charge >= 0.3 is 0 Å². The van der Waals surface area contributed by atoms with Crippen LogP contribution in [0.2, 0.25) is 0 Å². The summed E-state index contributed by atoms with van der Waals surface area (Å²) in [6.07, 6.45) is 20.6. The highest BCUT2D eigenvalue weighted by Crippen LogP contribution is 2.60. The van der Waals surface area contributed by atoms with E-state index in [1.54, 1.807) is 19.3 Å². The van der Waals surface area contributed by atoms with E-state index in [-0.39, 0.29) is 0 Å². The van der Waals surface area contributed by atoms with Crippen LogP contribution in [-0.2, 0) is 0 Å². The van der Waals surface area contributed by atoms with Crippen molar-refractivity contribution in [2.24, 2.45) is 29.1 Å². The van der Waals surface area contributed by atoms with Crippen molar-refractivity contribution >= 4 is 0 Å². The van der Waals surface area contributed by atoms with Gasteiger partial charge in [0.1, 0.15) is 0 Å². The molecule has 4 bridgehead atoms. The second-order valence-electron chi connectivity index (χ2n) is 8.12. The van der Waals surface area contributed by atoms with Gasteiger partial charge in [0.2, 0.25) is 0 Å². The monoisotopic (exact) mass is 272 g/mol. The molecule has 0 aromatic heterocycles. The predicted molar refractivity (Wildman–Crippen MR) is 87.6 cm³/mol. The van der Waals surface area contributed by atoms with Gasteiger partial charge < -0.3 is 0 Å². The van der Waals surface area contributed by atoms with Crippen molar-refractivity contribution in [2.75, 3.05) is 0 Å². The lowest BCUT2D eigenvalue weighted by molar-refractivity contribution is -0.0235. The zero-order valence-electron chi connectivity index (χ0n) is 13.2. The van der Waals surface area contributed by atoms with Crippen molar-refractivity contribution in [3.8, 4) is 0 Å². The smallest absolute Gasteiger partial charge is 0.0113 e. The summed E-state index contributed by atoms with van der Waals surface area (Å²) in [7, 11) is 0. The van der Waals surface area contributed by atoms with Gasteiger partial charge in [0.25, 0.3) is 0 Å². The van der Waals surface area contributed by atoms with Crippen molar-refractivity contribution in [2.45, 2.75) is 70.6 Å².